The lowest BCUT2D eigenvalue weighted by Crippen LogP contribution is -2.22. The van der Waals surface area contributed by atoms with Gasteiger partial charge in [0.1, 0.15) is 0 Å². The molecule has 0 unspecified atom stereocenters. The summed E-state index contributed by atoms with van der Waals surface area (Å²) in [7, 11) is 1.64. The Kier molecular flexibility index (Phi) is 5.81. The van der Waals surface area contributed by atoms with Crippen LogP contribution in [-0.2, 0) is 16.1 Å². The molecule has 5 heteroatoms. The number of hydrogen-bond donors (Lipinski definition) is 2. The lowest BCUT2D eigenvalue weighted by atomic mass is 10.2. The average Bonchev–Trinajstić information content (AvgIpc) is 2.49. The van der Waals surface area contributed by atoms with E-state index in [1.54, 1.807) is 13.2 Å². The average molecular weight is 319 g/mol. The van der Waals surface area contributed by atoms with Gasteiger partial charge in [-0.05, 0) is 30.7 Å². The van der Waals surface area contributed by atoms with E-state index in [1.807, 2.05) is 43.3 Å². The molecular formula is C17H19ClN2O2. The number of hydrogen-bond acceptors (Lipinski definition) is 3. The fourth-order valence-corrected chi connectivity index (χ4v) is 2.35. The molecule has 0 fully saturated rings. The summed E-state index contributed by atoms with van der Waals surface area (Å²) < 4.78 is 5.14. The van der Waals surface area contributed by atoms with Crippen molar-refractivity contribution in [3.05, 3.63) is 58.6 Å². The second-order valence-electron chi connectivity index (χ2n) is 4.98. The van der Waals surface area contributed by atoms with Crippen LogP contribution in [0, 0.1) is 6.92 Å². The molecule has 0 radical (unpaired) electrons. The molecule has 0 aromatic heterocycles. The van der Waals surface area contributed by atoms with Gasteiger partial charge >= 0.3 is 0 Å². The SMILES string of the molecule is COCc1ccccc1NCC(=O)Nc1ccc(C)cc1Cl. The van der Waals surface area contributed by atoms with E-state index in [0.717, 1.165) is 16.8 Å². The zero-order valence-corrected chi connectivity index (χ0v) is 13.4. The van der Waals surface area contributed by atoms with E-state index >= 15 is 0 Å². The molecular weight excluding hydrogens is 300 g/mol. The molecule has 2 rings (SSSR count). The molecule has 2 aromatic rings. The van der Waals surface area contributed by atoms with Crippen LogP contribution < -0.4 is 10.6 Å². The van der Waals surface area contributed by atoms with Gasteiger partial charge < -0.3 is 15.4 Å². The van der Waals surface area contributed by atoms with Gasteiger partial charge in [-0.1, -0.05) is 35.9 Å². The number of carbonyl (C=O) groups excluding carboxylic acids is 1. The Hall–Kier alpha value is -2.04. The number of halogens is 1. The van der Waals surface area contributed by atoms with E-state index in [1.165, 1.54) is 0 Å². The van der Waals surface area contributed by atoms with Gasteiger partial charge in [-0.25, -0.2) is 0 Å². The lowest BCUT2D eigenvalue weighted by Gasteiger charge is -2.12. The summed E-state index contributed by atoms with van der Waals surface area (Å²) in [5.74, 6) is -0.155. The van der Waals surface area contributed by atoms with Gasteiger partial charge in [-0.2, -0.15) is 0 Å². The lowest BCUT2D eigenvalue weighted by molar-refractivity contribution is -0.114. The third-order valence-electron chi connectivity index (χ3n) is 3.16. The highest BCUT2D eigenvalue weighted by atomic mass is 35.5. The summed E-state index contributed by atoms with van der Waals surface area (Å²) in [6.07, 6.45) is 0. The summed E-state index contributed by atoms with van der Waals surface area (Å²) in [5, 5.41) is 6.44. The fraction of sp³-hybridized carbons (Fsp3) is 0.235. The van der Waals surface area contributed by atoms with E-state index in [9.17, 15) is 4.79 Å². The molecule has 2 N–H and O–H groups in total. The summed E-state index contributed by atoms with van der Waals surface area (Å²) >= 11 is 6.11. The van der Waals surface area contributed by atoms with Gasteiger partial charge in [-0.15, -0.1) is 0 Å². The van der Waals surface area contributed by atoms with E-state index in [2.05, 4.69) is 10.6 Å². The predicted octanol–water partition coefficient (Wildman–Crippen LogP) is 3.85. The van der Waals surface area contributed by atoms with E-state index in [4.69, 9.17) is 16.3 Å². The molecule has 0 aliphatic heterocycles. The van der Waals surface area contributed by atoms with Gasteiger partial charge in [-0.3, -0.25) is 4.79 Å². The first-order valence-corrected chi connectivity index (χ1v) is 7.34. The molecule has 1 amide bonds. The quantitative estimate of drug-likeness (QED) is 0.850. The van der Waals surface area contributed by atoms with Crippen LogP contribution in [0.1, 0.15) is 11.1 Å². The second kappa shape index (κ2) is 7.82. The van der Waals surface area contributed by atoms with Crippen molar-refractivity contribution in [2.75, 3.05) is 24.3 Å². The topological polar surface area (TPSA) is 50.4 Å². The molecule has 0 atom stereocenters. The Balaban J connectivity index is 1.95. The maximum Gasteiger partial charge on any atom is 0.243 e. The van der Waals surface area contributed by atoms with Crippen LogP contribution >= 0.6 is 11.6 Å². The minimum atomic E-state index is -0.155. The van der Waals surface area contributed by atoms with Gasteiger partial charge in [0.2, 0.25) is 5.91 Å². The van der Waals surface area contributed by atoms with E-state index < -0.39 is 0 Å². The zero-order chi connectivity index (χ0) is 15.9. The molecule has 22 heavy (non-hydrogen) atoms. The molecule has 0 saturated heterocycles. The largest absolute Gasteiger partial charge is 0.380 e. The third kappa shape index (κ3) is 4.48. The first-order valence-electron chi connectivity index (χ1n) is 6.97. The van der Waals surface area contributed by atoms with Crippen LogP contribution in [0.4, 0.5) is 11.4 Å². The Morgan fingerprint density at radius 1 is 1.18 bits per heavy atom. The monoisotopic (exact) mass is 318 g/mol. The van der Waals surface area contributed by atoms with Crippen LogP contribution in [0.2, 0.25) is 5.02 Å². The van der Waals surface area contributed by atoms with Crippen molar-refractivity contribution in [3.8, 4) is 0 Å². The highest BCUT2D eigenvalue weighted by molar-refractivity contribution is 6.33. The van der Waals surface area contributed by atoms with Gasteiger partial charge in [0.25, 0.3) is 0 Å². The van der Waals surface area contributed by atoms with E-state index in [0.29, 0.717) is 17.3 Å². The summed E-state index contributed by atoms with van der Waals surface area (Å²) in [6, 6.07) is 13.2. The Bertz CT molecular complexity index is 659. The smallest absolute Gasteiger partial charge is 0.243 e. The van der Waals surface area contributed by atoms with E-state index in [-0.39, 0.29) is 12.5 Å². The number of methoxy groups -OCH3 is 1. The molecule has 0 heterocycles. The minimum Gasteiger partial charge on any atom is -0.380 e. The van der Waals surface area contributed by atoms with Crippen molar-refractivity contribution in [2.24, 2.45) is 0 Å². The fourth-order valence-electron chi connectivity index (χ4n) is 2.07. The first kappa shape index (κ1) is 16.3. The number of rotatable bonds is 6. The molecule has 0 aliphatic carbocycles. The maximum absolute atomic E-state index is 12.0. The third-order valence-corrected chi connectivity index (χ3v) is 3.47. The number of anilines is 2. The summed E-state index contributed by atoms with van der Waals surface area (Å²) in [5.41, 5.74) is 3.56. The van der Waals surface area contributed by atoms with Crippen LogP contribution in [0.3, 0.4) is 0 Å². The Labute approximate surface area is 135 Å². The van der Waals surface area contributed by atoms with Crippen molar-refractivity contribution in [1.82, 2.24) is 0 Å². The first-order chi connectivity index (χ1) is 10.6. The second-order valence-corrected chi connectivity index (χ2v) is 5.38. The predicted molar refractivity (Wildman–Crippen MR) is 90.5 cm³/mol. The van der Waals surface area contributed by atoms with Crippen molar-refractivity contribution < 1.29 is 9.53 Å². The zero-order valence-electron chi connectivity index (χ0n) is 12.7. The van der Waals surface area contributed by atoms with Gasteiger partial charge in [0.05, 0.1) is 23.9 Å². The summed E-state index contributed by atoms with van der Waals surface area (Å²) in [6.45, 7) is 2.60. The summed E-state index contributed by atoms with van der Waals surface area (Å²) in [4.78, 5) is 12.0. The number of aryl methyl sites for hydroxylation is 1. The number of nitrogens with one attached hydrogen (secondary N) is 2. The Morgan fingerprint density at radius 2 is 1.95 bits per heavy atom. The molecule has 116 valence electrons. The standard InChI is InChI=1S/C17H19ClN2O2/c1-12-7-8-16(14(18)9-12)20-17(21)10-19-15-6-4-3-5-13(15)11-22-2/h3-9,19H,10-11H2,1-2H3,(H,20,21). The number of para-hydroxylation sites is 1. The van der Waals surface area contributed by atoms with Crippen LogP contribution in [0.5, 0.6) is 0 Å². The number of ether oxygens (including phenoxy) is 1. The molecule has 0 spiro atoms. The number of amides is 1. The highest BCUT2D eigenvalue weighted by Gasteiger charge is 2.07. The highest BCUT2D eigenvalue weighted by Crippen LogP contribution is 2.22. The van der Waals surface area contributed by atoms with Crippen molar-refractivity contribution in [1.29, 1.82) is 0 Å². The molecule has 0 aliphatic rings. The number of carbonyl (C=O) groups is 1. The van der Waals surface area contributed by atoms with Crippen molar-refractivity contribution in [2.45, 2.75) is 13.5 Å². The van der Waals surface area contributed by atoms with Crippen LogP contribution in [0.15, 0.2) is 42.5 Å². The van der Waals surface area contributed by atoms with Crippen molar-refractivity contribution >= 4 is 28.9 Å². The number of benzene rings is 2. The molecule has 4 nitrogen and oxygen atoms in total. The Morgan fingerprint density at radius 3 is 2.68 bits per heavy atom. The normalized spacial score (nSPS) is 10.3. The van der Waals surface area contributed by atoms with Gasteiger partial charge in [0, 0.05) is 18.4 Å². The van der Waals surface area contributed by atoms with Crippen molar-refractivity contribution in [3.63, 3.8) is 0 Å². The minimum absolute atomic E-state index is 0.155. The molecule has 2 aromatic carbocycles. The maximum atomic E-state index is 12.0. The van der Waals surface area contributed by atoms with Gasteiger partial charge in [0.15, 0.2) is 0 Å². The van der Waals surface area contributed by atoms with Crippen LogP contribution in [-0.4, -0.2) is 19.6 Å². The molecule has 0 saturated carbocycles. The van der Waals surface area contributed by atoms with Crippen LogP contribution in [0.25, 0.3) is 0 Å². The molecule has 0 bridgehead atoms.